The van der Waals surface area contributed by atoms with Crippen LogP contribution in [0.3, 0.4) is 0 Å². The van der Waals surface area contributed by atoms with Crippen molar-refractivity contribution in [3.63, 3.8) is 0 Å². The molecule has 3 atom stereocenters. The molecule has 2 aliphatic carbocycles. The molecule has 2 heteroatoms. The zero-order chi connectivity index (χ0) is 12.7. The van der Waals surface area contributed by atoms with Crippen LogP contribution in [-0.4, -0.2) is 16.6 Å². The van der Waals surface area contributed by atoms with Gasteiger partial charge in [-0.1, -0.05) is 50.3 Å². The van der Waals surface area contributed by atoms with E-state index in [1.54, 1.807) is 0 Å². The van der Waals surface area contributed by atoms with Gasteiger partial charge in [0.15, 0.2) is 0 Å². The van der Waals surface area contributed by atoms with E-state index in [1.165, 1.54) is 25.7 Å². The third-order valence-electron chi connectivity index (χ3n) is 5.46. The van der Waals surface area contributed by atoms with Crippen LogP contribution in [0, 0.1) is 23.2 Å². The molecule has 0 radical (unpaired) electrons. The molecule has 1 nitrogen and oxygen atoms in total. The maximum atomic E-state index is 6.49. The van der Waals surface area contributed by atoms with E-state index in [1.807, 2.05) is 0 Å². The number of alkyl halides is 1. The number of fused-ring (bicyclic) bond motifs is 2. The van der Waals surface area contributed by atoms with Crippen molar-refractivity contribution in [2.75, 3.05) is 11.0 Å². The van der Waals surface area contributed by atoms with Crippen LogP contribution in [-0.2, 0) is 4.74 Å². The molecule has 2 fully saturated rings. The van der Waals surface area contributed by atoms with E-state index in [4.69, 9.17) is 4.74 Å². The fourth-order valence-corrected chi connectivity index (χ4v) is 5.86. The van der Waals surface area contributed by atoms with Crippen molar-refractivity contribution in [1.29, 1.82) is 0 Å². The maximum absolute atomic E-state index is 6.49. The van der Waals surface area contributed by atoms with Gasteiger partial charge in [0.2, 0.25) is 0 Å². The Morgan fingerprint density at radius 1 is 1.24 bits per heavy atom. The zero-order valence-corrected chi connectivity index (χ0v) is 13.9. The van der Waals surface area contributed by atoms with Crippen LogP contribution < -0.4 is 0 Å². The van der Waals surface area contributed by atoms with Crippen LogP contribution in [0.25, 0.3) is 0 Å². The molecule has 0 heterocycles. The Bertz CT molecular complexity index is 274. The Hall–Kier alpha value is 0.690. The molecule has 100 valence electrons. The first-order chi connectivity index (χ1) is 7.94. The Kier molecular flexibility index (Phi) is 4.14. The average Bonchev–Trinajstić information content (AvgIpc) is 2.79. The fraction of sp³-hybridized carbons (Fsp3) is 1.00. The van der Waals surface area contributed by atoms with Crippen molar-refractivity contribution < 1.29 is 4.74 Å². The Morgan fingerprint density at radius 2 is 1.88 bits per heavy atom. The number of halogens is 1. The normalized spacial score (nSPS) is 39.2. The van der Waals surface area contributed by atoms with Gasteiger partial charge in [0, 0.05) is 11.0 Å². The van der Waals surface area contributed by atoms with Crippen LogP contribution in [0.15, 0.2) is 0 Å². The van der Waals surface area contributed by atoms with Crippen molar-refractivity contribution in [3.8, 4) is 0 Å². The second-order valence-electron chi connectivity index (χ2n) is 6.98. The number of hydrogen-bond acceptors (Lipinski definition) is 1. The lowest BCUT2D eigenvalue weighted by molar-refractivity contribution is -0.137. The summed E-state index contributed by atoms with van der Waals surface area (Å²) < 4.78 is 7.66. The minimum atomic E-state index is 0.172. The minimum Gasteiger partial charge on any atom is -0.373 e. The number of hydrogen-bond donors (Lipinski definition) is 0. The molecule has 0 spiro atoms. The first-order valence-corrected chi connectivity index (χ1v) is 8.66. The molecule has 2 saturated carbocycles. The summed E-state index contributed by atoms with van der Waals surface area (Å²) in [5.74, 6) is 2.48. The van der Waals surface area contributed by atoms with E-state index >= 15 is 0 Å². The van der Waals surface area contributed by atoms with E-state index in [0.29, 0.717) is 5.41 Å². The van der Waals surface area contributed by atoms with Gasteiger partial charge in [-0.05, 0) is 48.9 Å². The molecule has 3 unspecified atom stereocenters. The van der Waals surface area contributed by atoms with E-state index < -0.39 is 0 Å². The van der Waals surface area contributed by atoms with Crippen LogP contribution in [0.1, 0.15) is 53.4 Å². The summed E-state index contributed by atoms with van der Waals surface area (Å²) in [6, 6.07) is 0. The second kappa shape index (κ2) is 4.99. The van der Waals surface area contributed by atoms with Gasteiger partial charge < -0.3 is 4.74 Å². The third-order valence-corrected chi connectivity index (χ3v) is 6.59. The second-order valence-corrected chi connectivity index (χ2v) is 7.75. The van der Waals surface area contributed by atoms with Crippen molar-refractivity contribution >= 4 is 22.6 Å². The monoisotopic (exact) mass is 350 g/mol. The molecule has 0 aromatic rings. The largest absolute Gasteiger partial charge is 0.373 e. The average molecular weight is 350 g/mol. The summed E-state index contributed by atoms with van der Waals surface area (Å²) in [5, 5.41) is 0. The Labute approximate surface area is 120 Å². The lowest BCUT2D eigenvalue weighted by Crippen LogP contribution is -2.53. The van der Waals surface area contributed by atoms with Gasteiger partial charge in [0.25, 0.3) is 0 Å². The fourth-order valence-electron chi connectivity index (χ4n) is 4.03. The van der Waals surface area contributed by atoms with Gasteiger partial charge in [0.05, 0.1) is 5.60 Å². The highest BCUT2D eigenvalue weighted by atomic mass is 127. The molecule has 0 aliphatic heterocycles. The molecular formula is C15H27IO. The third kappa shape index (κ3) is 2.18. The quantitative estimate of drug-likeness (QED) is 0.517. The van der Waals surface area contributed by atoms with E-state index in [-0.39, 0.29) is 5.60 Å². The highest BCUT2D eigenvalue weighted by Gasteiger charge is 2.63. The molecule has 0 saturated heterocycles. The van der Waals surface area contributed by atoms with Gasteiger partial charge in [0.1, 0.15) is 0 Å². The number of ether oxygens (including phenoxy) is 1. The molecule has 0 N–H and O–H groups in total. The Balaban J connectivity index is 2.08. The molecule has 17 heavy (non-hydrogen) atoms. The van der Waals surface area contributed by atoms with Crippen LogP contribution >= 0.6 is 22.6 Å². The van der Waals surface area contributed by atoms with Gasteiger partial charge in [-0.2, -0.15) is 0 Å². The highest BCUT2D eigenvalue weighted by molar-refractivity contribution is 14.1. The number of rotatable bonds is 5. The van der Waals surface area contributed by atoms with Crippen molar-refractivity contribution in [2.45, 2.75) is 59.0 Å². The molecule has 2 bridgehead atoms. The molecule has 2 aliphatic rings. The van der Waals surface area contributed by atoms with Gasteiger partial charge in [-0.15, -0.1) is 0 Å². The van der Waals surface area contributed by atoms with Crippen LogP contribution in [0.4, 0.5) is 0 Å². The van der Waals surface area contributed by atoms with E-state index in [0.717, 1.165) is 28.8 Å². The molecule has 0 aromatic heterocycles. The Morgan fingerprint density at radius 3 is 2.35 bits per heavy atom. The molecule has 0 aromatic carbocycles. The predicted octanol–water partition coefficient (Wildman–Crippen LogP) is 4.68. The van der Waals surface area contributed by atoms with E-state index in [9.17, 15) is 0 Å². The van der Waals surface area contributed by atoms with E-state index in [2.05, 4.69) is 50.3 Å². The summed E-state index contributed by atoms with van der Waals surface area (Å²) in [7, 11) is 0. The van der Waals surface area contributed by atoms with Crippen molar-refractivity contribution in [3.05, 3.63) is 0 Å². The minimum absolute atomic E-state index is 0.172. The maximum Gasteiger partial charge on any atom is 0.0852 e. The van der Waals surface area contributed by atoms with Gasteiger partial charge in [-0.3, -0.25) is 0 Å². The highest BCUT2D eigenvalue weighted by Crippen LogP contribution is 2.63. The van der Waals surface area contributed by atoms with Gasteiger partial charge in [-0.25, -0.2) is 0 Å². The smallest absolute Gasteiger partial charge is 0.0852 e. The van der Waals surface area contributed by atoms with Crippen molar-refractivity contribution in [2.24, 2.45) is 23.2 Å². The first-order valence-electron chi connectivity index (χ1n) is 7.14. The summed E-state index contributed by atoms with van der Waals surface area (Å²) in [5.41, 5.74) is 0.555. The molecule has 0 amide bonds. The van der Waals surface area contributed by atoms with Crippen molar-refractivity contribution in [1.82, 2.24) is 0 Å². The lowest BCUT2D eigenvalue weighted by atomic mass is 9.66. The van der Waals surface area contributed by atoms with Crippen LogP contribution in [0.5, 0.6) is 0 Å². The molecular weight excluding hydrogens is 323 g/mol. The molecule has 2 rings (SSSR count). The topological polar surface area (TPSA) is 9.23 Å². The summed E-state index contributed by atoms with van der Waals surface area (Å²) in [6.07, 6.45) is 5.45. The summed E-state index contributed by atoms with van der Waals surface area (Å²) in [6.45, 7) is 10.4. The SMILES string of the molecule is CC(C)CCOC1(CI)C2CCC(C2)C1(C)C. The first kappa shape index (κ1) is 14.1. The summed E-state index contributed by atoms with van der Waals surface area (Å²) in [4.78, 5) is 0. The predicted molar refractivity (Wildman–Crippen MR) is 81.6 cm³/mol. The summed E-state index contributed by atoms with van der Waals surface area (Å²) >= 11 is 2.56. The standard InChI is InChI=1S/C15H27IO/c1-11(2)7-8-17-15(10-16)13-6-5-12(9-13)14(15,3)4/h11-13H,5-10H2,1-4H3. The lowest BCUT2D eigenvalue weighted by Gasteiger charge is -2.49. The zero-order valence-electron chi connectivity index (χ0n) is 11.8. The van der Waals surface area contributed by atoms with Crippen LogP contribution in [0.2, 0.25) is 0 Å². The van der Waals surface area contributed by atoms with Gasteiger partial charge >= 0.3 is 0 Å².